The fourth-order valence-electron chi connectivity index (χ4n) is 1.24. The Morgan fingerprint density at radius 1 is 1.29 bits per heavy atom. The van der Waals surface area contributed by atoms with E-state index in [0.29, 0.717) is 0 Å². The lowest BCUT2D eigenvalue weighted by Crippen LogP contribution is -1.95. The van der Waals surface area contributed by atoms with E-state index in [2.05, 4.69) is 20.9 Å². The number of nitrogens with zero attached hydrogens (tertiary/aromatic N) is 1. The molecule has 0 aliphatic carbocycles. The number of rotatable bonds is 3. The second kappa shape index (κ2) is 5.33. The van der Waals surface area contributed by atoms with Crippen LogP contribution < -0.4 is 0 Å². The van der Waals surface area contributed by atoms with Crippen LogP contribution in [0.1, 0.15) is 10.4 Å². The van der Waals surface area contributed by atoms with E-state index in [1.807, 2.05) is 18.2 Å². The molecule has 2 aromatic rings. The Balaban J connectivity index is 2.26. The molecule has 0 atom stereocenters. The van der Waals surface area contributed by atoms with Crippen molar-refractivity contribution in [2.45, 2.75) is 9.92 Å². The molecular formula is C12H8BrNO2S. The van der Waals surface area contributed by atoms with Crippen LogP contribution in [0, 0.1) is 0 Å². The molecular weight excluding hydrogens is 302 g/mol. The van der Waals surface area contributed by atoms with E-state index in [-0.39, 0.29) is 5.56 Å². The van der Waals surface area contributed by atoms with E-state index in [1.54, 1.807) is 24.4 Å². The van der Waals surface area contributed by atoms with E-state index in [9.17, 15) is 4.79 Å². The summed E-state index contributed by atoms with van der Waals surface area (Å²) in [4.78, 5) is 15.9. The van der Waals surface area contributed by atoms with Crippen molar-refractivity contribution in [1.29, 1.82) is 0 Å². The highest BCUT2D eigenvalue weighted by Gasteiger charge is 2.08. The number of pyridine rings is 1. The summed E-state index contributed by atoms with van der Waals surface area (Å²) in [6, 6.07) is 10.6. The fourth-order valence-corrected chi connectivity index (χ4v) is 2.64. The molecule has 0 saturated heterocycles. The first-order valence-electron chi connectivity index (χ1n) is 4.78. The second-order valence-corrected chi connectivity index (χ2v) is 5.14. The van der Waals surface area contributed by atoms with E-state index in [0.717, 1.165) is 14.4 Å². The van der Waals surface area contributed by atoms with E-state index < -0.39 is 5.97 Å². The Morgan fingerprint density at radius 3 is 2.71 bits per heavy atom. The summed E-state index contributed by atoms with van der Waals surface area (Å²) in [6.07, 6.45) is 1.72. The van der Waals surface area contributed by atoms with Gasteiger partial charge in [0, 0.05) is 15.6 Å². The summed E-state index contributed by atoms with van der Waals surface area (Å²) in [7, 11) is 0. The zero-order chi connectivity index (χ0) is 12.3. The molecule has 17 heavy (non-hydrogen) atoms. The van der Waals surface area contributed by atoms with Crippen molar-refractivity contribution in [1.82, 2.24) is 4.98 Å². The number of aromatic nitrogens is 1. The standard InChI is InChI=1S/C12H8BrNO2S/c13-9-7-8(12(15)16)4-5-10(9)17-11-3-1-2-6-14-11/h1-7H,(H,15,16). The third-order valence-electron chi connectivity index (χ3n) is 2.03. The quantitative estimate of drug-likeness (QED) is 0.939. The molecule has 1 heterocycles. The van der Waals surface area contributed by atoms with Gasteiger partial charge in [0.25, 0.3) is 0 Å². The highest BCUT2D eigenvalue weighted by molar-refractivity contribution is 9.10. The molecule has 0 amide bonds. The van der Waals surface area contributed by atoms with Crippen molar-refractivity contribution in [3.63, 3.8) is 0 Å². The third-order valence-corrected chi connectivity index (χ3v) is 3.98. The van der Waals surface area contributed by atoms with E-state index in [4.69, 9.17) is 5.11 Å². The van der Waals surface area contributed by atoms with Crippen molar-refractivity contribution < 1.29 is 9.90 Å². The molecule has 0 unspecified atom stereocenters. The monoisotopic (exact) mass is 309 g/mol. The predicted molar refractivity (Wildman–Crippen MR) is 69.5 cm³/mol. The van der Waals surface area contributed by atoms with Crippen LogP contribution in [0.15, 0.2) is 57.0 Å². The van der Waals surface area contributed by atoms with Gasteiger partial charge >= 0.3 is 5.97 Å². The minimum Gasteiger partial charge on any atom is -0.478 e. The highest BCUT2D eigenvalue weighted by atomic mass is 79.9. The summed E-state index contributed by atoms with van der Waals surface area (Å²) < 4.78 is 0.757. The lowest BCUT2D eigenvalue weighted by Gasteiger charge is -2.04. The van der Waals surface area contributed by atoms with Crippen molar-refractivity contribution in [3.05, 3.63) is 52.6 Å². The first-order valence-corrected chi connectivity index (χ1v) is 6.39. The van der Waals surface area contributed by atoms with Crippen LogP contribution in [0.4, 0.5) is 0 Å². The summed E-state index contributed by atoms with van der Waals surface area (Å²) in [5, 5.41) is 9.72. The Labute approximate surface area is 111 Å². The molecule has 0 spiro atoms. The van der Waals surface area contributed by atoms with Crippen LogP contribution in [0.3, 0.4) is 0 Å². The maximum Gasteiger partial charge on any atom is 0.335 e. The number of hydrogen-bond acceptors (Lipinski definition) is 3. The van der Waals surface area contributed by atoms with Crippen LogP contribution >= 0.6 is 27.7 Å². The maximum atomic E-state index is 10.8. The smallest absolute Gasteiger partial charge is 0.335 e. The minimum atomic E-state index is -0.930. The molecule has 86 valence electrons. The number of hydrogen-bond donors (Lipinski definition) is 1. The van der Waals surface area contributed by atoms with Crippen LogP contribution in [0.25, 0.3) is 0 Å². The number of halogens is 1. The van der Waals surface area contributed by atoms with Crippen molar-refractivity contribution in [2.75, 3.05) is 0 Å². The Kier molecular flexibility index (Phi) is 3.81. The van der Waals surface area contributed by atoms with Crippen LogP contribution in [-0.4, -0.2) is 16.1 Å². The van der Waals surface area contributed by atoms with Gasteiger partial charge < -0.3 is 5.11 Å². The highest BCUT2D eigenvalue weighted by Crippen LogP contribution is 2.32. The molecule has 1 N–H and O–H groups in total. The summed E-state index contributed by atoms with van der Waals surface area (Å²) in [5.41, 5.74) is 0.266. The van der Waals surface area contributed by atoms with Gasteiger partial charge in [-0.15, -0.1) is 0 Å². The molecule has 5 heteroatoms. The van der Waals surface area contributed by atoms with Gasteiger partial charge in [0.15, 0.2) is 0 Å². The first-order chi connectivity index (χ1) is 8.16. The molecule has 1 aromatic carbocycles. The average molecular weight is 310 g/mol. The van der Waals surface area contributed by atoms with E-state index in [1.165, 1.54) is 11.8 Å². The van der Waals surface area contributed by atoms with Gasteiger partial charge in [0.2, 0.25) is 0 Å². The lowest BCUT2D eigenvalue weighted by atomic mass is 10.2. The van der Waals surface area contributed by atoms with Gasteiger partial charge in [0.1, 0.15) is 5.03 Å². The van der Waals surface area contributed by atoms with E-state index >= 15 is 0 Å². The molecule has 0 bridgehead atoms. The SMILES string of the molecule is O=C(O)c1ccc(Sc2ccccn2)c(Br)c1. The van der Waals surface area contributed by atoms with Gasteiger partial charge in [-0.05, 0) is 46.3 Å². The Hall–Kier alpha value is -1.33. The second-order valence-electron chi connectivity index (χ2n) is 3.22. The lowest BCUT2D eigenvalue weighted by molar-refractivity contribution is 0.0696. The molecule has 2 rings (SSSR count). The maximum absolute atomic E-state index is 10.8. The van der Waals surface area contributed by atoms with Crippen molar-refractivity contribution >= 4 is 33.7 Å². The van der Waals surface area contributed by atoms with Gasteiger partial charge in [-0.25, -0.2) is 9.78 Å². The zero-order valence-corrected chi connectivity index (χ0v) is 11.0. The Bertz CT molecular complexity index is 545. The first kappa shape index (κ1) is 12.1. The third kappa shape index (κ3) is 3.08. The number of carboxylic acid groups (broad SMARTS) is 1. The summed E-state index contributed by atoms with van der Waals surface area (Å²) >= 11 is 4.84. The van der Waals surface area contributed by atoms with Crippen molar-refractivity contribution in [3.8, 4) is 0 Å². The van der Waals surface area contributed by atoms with Gasteiger partial charge in [0.05, 0.1) is 5.56 Å². The molecule has 0 radical (unpaired) electrons. The Morgan fingerprint density at radius 2 is 2.12 bits per heavy atom. The van der Waals surface area contributed by atoms with Gasteiger partial charge in [-0.3, -0.25) is 0 Å². The average Bonchev–Trinajstić information content (AvgIpc) is 2.33. The number of benzene rings is 1. The normalized spacial score (nSPS) is 10.2. The molecule has 0 fully saturated rings. The zero-order valence-electron chi connectivity index (χ0n) is 8.63. The fraction of sp³-hybridized carbons (Fsp3) is 0. The van der Waals surface area contributed by atoms with Crippen LogP contribution in [-0.2, 0) is 0 Å². The molecule has 0 aliphatic rings. The summed E-state index contributed by atoms with van der Waals surface area (Å²) in [6.45, 7) is 0. The molecule has 0 saturated carbocycles. The number of carboxylic acids is 1. The largest absolute Gasteiger partial charge is 0.478 e. The topological polar surface area (TPSA) is 50.2 Å². The van der Waals surface area contributed by atoms with Crippen LogP contribution in [0.2, 0.25) is 0 Å². The molecule has 1 aromatic heterocycles. The number of carbonyl (C=O) groups is 1. The summed E-state index contributed by atoms with van der Waals surface area (Å²) in [5.74, 6) is -0.930. The molecule has 0 aliphatic heterocycles. The predicted octanol–water partition coefficient (Wildman–Crippen LogP) is 3.69. The minimum absolute atomic E-state index is 0.266. The van der Waals surface area contributed by atoms with Gasteiger partial charge in [-0.1, -0.05) is 17.8 Å². The van der Waals surface area contributed by atoms with Crippen molar-refractivity contribution in [2.24, 2.45) is 0 Å². The van der Waals surface area contributed by atoms with Gasteiger partial charge in [-0.2, -0.15) is 0 Å². The number of aromatic carboxylic acids is 1. The molecule has 3 nitrogen and oxygen atoms in total. The van der Waals surface area contributed by atoms with Crippen LogP contribution in [0.5, 0.6) is 0 Å².